The van der Waals surface area contributed by atoms with Gasteiger partial charge in [0.05, 0.1) is 6.54 Å². The first-order valence-electron chi connectivity index (χ1n) is 6.37. The van der Waals surface area contributed by atoms with Crippen LogP contribution in [0.3, 0.4) is 0 Å². The average Bonchev–Trinajstić information content (AvgIpc) is 2.41. The highest BCUT2D eigenvalue weighted by molar-refractivity contribution is 9.10. The molecule has 5 heteroatoms. The SMILES string of the molecule is CN(CC(=O)c1ccc(F)c(F)c1)Cc1cccc(Br)c1. The van der Waals surface area contributed by atoms with E-state index in [1.165, 1.54) is 6.07 Å². The quantitative estimate of drug-likeness (QED) is 0.756. The standard InChI is InChI=1S/C16H14BrF2NO/c1-20(9-11-3-2-4-13(17)7-11)10-16(21)12-5-6-14(18)15(19)8-12/h2-8H,9-10H2,1H3. The van der Waals surface area contributed by atoms with Crippen molar-refractivity contribution < 1.29 is 13.6 Å². The highest BCUT2D eigenvalue weighted by atomic mass is 79.9. The van der Waals surface area contributed by atoms with Crippen LogP contribution in [0.2, 0.25) is 0 Å². The van der Waals surface area contributed by atoms with E-state index < -0.39 is 11.6 Å². The van der Waals surface area contributed by atoms with Gasteiger partial charge >= 0.3 is 0 Å². The Morgan fingerprint density at radius 1 is 1.14 bits per heavy atom. The summed E-state index contributed by atoms with van der Waals surface area (Å²) in [5.74, 6) is -2.20. The Kier molecular flexibility index (Phi) is 5.20. The van der Waals surface area contributed by atoms with Gasteiger partial charge in [0.1, 0.15) is 0 Å². The molecule has 2 rings (SSSR count). The first-order valence-corrected chi connectivity index (χ1v) is 7.16. The molecular weight excluding hydrogens is 340 g/mol. The maximum Gasteiger partial charge on any atom is 0.176 e. The molecule has 0 fully saturated rings. The normalized spacial score (nSPS) is 10.9. The molecule has 0 radical (unpaired) electrons. The van der Waals surface area contributed by atoms with Crippen LogP contribution >= 0.6 is 15.9 Å². The minimum absolute atomic E-state index is 0.136. The van der Waals surface area contributed by atoms with Gasteiger partial charge in [0, 0.05) is 16.6 Å². The van der Waals surface area contributed by atoms with E-state index in [4.69, 9.17) is 0 Å². The van der Waals surface area contributed by atoms with Crippen LogP contribution < -0.4 is 0 Å². The molecule has 0 atom stereocenters. The summed E-state index contributed by atoms with van der Waals surface area (Å²) >= 11 is 3.39. The van der Waals surface area contributed by atoms with Gasteiger partial charge in [-0.2, -0.15) is 0 Å². The summed E-state index contributed by atoms with van der Waals surface area (Å²) < 4.78 is 26.9. The van der Waals surface area contributed by atoms with Crippen molar-refractivity contribution in [1.82, 2.24) is 4.90 Å². The zero-order valence-electron chi connectivity index (χ0n) is 11.4. The number of likely N-dealkylation sites (N-methyl/N-ethyl adjacent to an activating group) is 1. The molecule has 0 heterocycles. The lowest BCUT2D eigenvalue weighted by Crippen LogP contribution is -2.25. The van der Waals surface area contributed by atoms with E-state index in [1.54, 1.807) is 7.05 Å². The van der Waals surface area contributed by atoms with Crippen molar-refractivity contribution in [1.29, 1.82) is 0 Å². The third-order valence-corrected chi connectivity index (χ3v) is 3.49. The van der Waals surface area contributed by atoms with Crippen molar-refractivity contribution in [2.45, 2.75) is 6.54 Å². The van der Waals surface area contributed by atoms with E-state index in [2.05, 4.69) is 15.9 Å². The maximum atomic E-state index is 13.1. The molecule has 0 spiro atoms. The summed E-state index contributed by atoms with van der Waals surface area (Å²) in [6.07, 6.45) is 0. The molecular formula is C16H14BrF2NO. The molecule has 110 valence electrons. The van der Waals surface area contributed by atoms with Gasteiger partial charge in [0.15, 0.2) is 17.4 Å². The number of carbonyl (C=O) groups excluding carboxylic acids is 1. The second-order valence-corrected chi connectivity index (χ2v) is 5.77. The van der Waals surface area contributed by atoms with Gasteiger partial charge < -0.3 is 0 Å². The summed E-state index contributed by atoms with van der Waals surface area (Å²) in [6, 6.07) is 11.0. The predicted molar refractivity (Wildman–Crippen MR) is 81.2 cm³/mol. The molecule has 0 aliphatic rings. The molecule has 0 saturated carbocycles. The largest absolute Gasteiger partial charge is 0.295 e. The molecule has 2 aromatic carbocycles. The Bertz CT molecular complexity index is 660. The van der Waals surface area contributed by atoms with Gasteiger partial charge in [-0.15, -0.1) is 0 Å². The number of halogens is 3. The molecule has 0 unspecified atom stereocenters. The van der Waals surface area contributed by atoms with Gasteiger partial charge in [-0.05, 0) is 42.9 Å². The Hall–Kier alpha value is -1.59. The zero-order valence-corrected chi connectivity index (χ0v) is 13.0. The van der Waals surface area contributed by atoms with Crippen LogP contribution in [-0.4, -0.2) is 24.3 Å². The van der Waals surface area contributed by atoms with E-state index in [0.29, 0.717) is 6.54 Å². The first kappa shape index (κ1) is 15.8. The van der Waals surface area contributed by atoms with Gasteiger partial charge in [0.25, 0.3) is 0 Å². The number of rotatable bonds is 5. The highest BCUT2D eigenvalue weighted by Crippen LogP contribution is 2.14. The fraction of sp³-hybridized carbons (Fsp3) is 0.188. The number of Topliss-reactive ketones (excluding diaryl/α,β-unsaturated/α-hetero) is 1. The Balaban J connectivity index is 2.00. The van der Waals surface area contributed by atoms with Gasteiger partial charge in [-0.3, -0.25) is 9.69 Å². The molecule has 21 heavy (non-hydrogen) atoms. The van der Waals surface area contributed by atoms with Crippen molar-refractivity contribution in [3.63, 3.8) is 0 Å². The number of hydrogen-bond acceptors (Lipinski definition) is 2. The molecule has 0 aliphatic heterocycles. The Morgan fingerprint density at radius 3 is 2.57 bits per heavy atom. The van der Waals surface area contributed by atoms with Crippen LogP contribution in [0.5, 0.6) is 0 Å². The Labute approximate surface area is 130 Å². The predicted octanol–water partition coefficient (Wildman–Crippen LogP) is 4.04. The van der Waals surface area contributed by atoms with Gasteiger partial charge in [-0.1, -0.05) is 28.1 Å². The minimum Gasteiger partial charge on any atom is -0.295 e. The van der Waals surface area contributed by atoms with Crippen molar-refractivity contribution in [3.8, 4) is 0 Å². The zero-order chi connectivity index (χ0) is 15.4. The second-order valence-electron chi connectivity index (χ2n) is 4.85. The second kappa shape index (κ2) is 6.91. The summed E-state index contributed by atoms with van der Waals surface area (Å²) in [5, 5.41) is 0. The minimum atomic E-state index is -1.00. The van der Waals surface area contributed by atoms with E-state index in [0.717, 1.165) is 22.2 Å². The molecule has 2 aromatic rings. The van der Waals surface area contributed by atoms with Crippen LogP contribution in [0.1, 0.15) is 15.9 Å². The highest BCUT2D eigenvalue weighted by Gasteiger charge is 2.12. The number of carbonyl (C=O) groups is 1. The van der Waals surface area contributed by atoms with Crippen LogP contribution in [0, 0.1) is 11.6 Å². The summed E-state index contributed by atoms with van der Waals surface area (Å²) in [4.78, 5) is 13.9. The number of nitrogens with zero attached hydrogens (tertiary/aromatic N) is 1. The van der Waals surface area contributed by atoms with Crippen LogP contribution in [0.15, 0.2) is 46.9 Å². The Morgan fingerprint density at radius 2 is 1.90 bits per heavy atom. The molecule has 0 amide bonds. The third kappa shape index (κ3) is 4.44. The van der Waals surface area contributed by atoms with Crippen molar-refractivity contribution >= 4 is 21.7 Å². The van der Waals surface area contributed by atoms with E-state index in [-0.39, 0.29) is 17.9 Å². The van der Waals surface area contributed by atoms with Gasteiger partial charge in [0.2, 0.25) is 0 Å². The molecule has 0 saturated heterocycles. The molecule has 0 bridgehead atoms. The molecule has 2 nitrogen and oxygen atoms in total. The van der Waals surface area contributed by atoms with Crippen LogP contribution in [-0.2, 0) is 6.54 Å². The fourth-order valence-corrected chi connectivity index (χ4v) is 2.46. The van der Waals surface area contributed by atoms with Crippen molar-refractivity contribution in [2.75, 3.05) is 13.6 Å². The number of benzene rings is 2. The van der Waals surface area contributed by atoms with Crippen molar-refractivity contribution in [2.24, 2.45) is 0 Å². The lowest BCUT2D eigenvalue weighted by atomic mass is 10.1. The number of hydrogen-bond donors (Lipinski definition) is 0. The first-order chi connectivity index (χ1) is 9.95. The van der Waals surface area contributed by atoms with Crippen LogP contribution in [0.25, 0.3) is 0 Å². The monoisotopic (exact) mass is 353 g/mol. The van der Waals surface area contributed by atoms with E-state index in [1.807, 2.05) is 29.2 Å². The average molecular weight is 354 g/mol. The summed E-state index contributed by atoms with van der Waals surface area (Å²) in [6.45, 7) is 0.729. The smallest absolute Gasteiger partial charge is 0.176 e. The lowest BCUT2D eigenvalue weighted by Gasteiger charge is -2.16. The topological polar surface area (TPSA) is 20.3 Å². The lowest BCUT2D eigenvalue weighted by molar-refractivity contribution is 0.0942. The molecule has 0 aromatic heterocycles. The fourth-order valence-electron chi connectivity index (χ4n) is 2.01. The summed E-state index contributed by atoms with van der Waals surface area (Å²) in [5.41, 5.74) is 1.24. The third-order valence-electron chi connectivity index (χ3n) is 3.00. The number of ketones is 1. The molecule has 0 N–H and O–H groups in total. The maximum absolute atomic E-state index is 13.1. The van der Waals surface area contributed by atoms with E-state index in [9.17, 15) is 13.6 Å². The van der Waals surface area contributed by atoms with Crippen molar-refractivity contribution in [3.05, 3.63) is 69.7 Å². The van der Waals surface area contributed by atoms with Crippen LogP contribution in [0.4, 0.5) is 8.78 Å². The molecule has 0 aliphatic carbocycles. The summed E-state index contributed by atoms with van der Waals surface area (Å²) in [7, 11) is 1.80. The van der Waals surface area contributed by atoms with E-state index >= 15 is 0 Å². The van der Waals surface area contributed by atoms with Gasteiger partial charge in [-0.25, -0.2) is 8.78 Å².